The summed E-state index contributed by atoms with van der Waals surface area (Å²) in [5.41, 5.74) is 3.40. The third-order valence-corrected chi connectivity index (χ3v) is 5.18. The van der Waals surface area contributed by atoms with Gasteiger partial charge in [-0.1, -0.05) is 60.8 Å². The maximum absolute atomic E-state index is 12.6. The van der Waals surface area contributed by atoms with Crippen molar-refractivity contribution >= 4 is 17.5 Å². The fourth-order valence-corrected chi connectivity index (χ4v) is 4.00. The van der Waals surface area contributed by atoms with Crippen molar-refractivity contribution in [1.29, 1.82) is 5.26 Å². The second-order valence-electron chi connectivity index (χ2n) is 6.47. The van der Waals surface area contributed by atoms with Crippen molar-refractivity contribution in [3.8, 4) is 17.2 Å². The van der Waals surface area contributed by atoms with Crippen LogP contribution in [0.4, 0.5) is 0 Å². The Kier molecular flexibility index (Phi) is 5.73. The SMILES string of the molecule is N#CCNC(=O)C1CCCCC1c1ccccc1-c1cccc(Cl)c1. The number of nitriles is 1. The molecule has 0 saturated heterocycles. The van der Waals surface area contributed by atoms with Gasteiger partial charge in [-0.25, -0.2) is 0 Å². The topological polar surface area (TPSA) is 52.9 Å². The van der Waals surface area contributed by atoms with Crippen molar-refractivity contribution in [3.63, 3.8) is 0 Å². The van der Waals surface area contributed by atoms with Gasteiger partial charge in [-0.05, 0) is 47.6 Å². The van der Waals surface area contributed by atoms with E-state index in [1.165, 1.54) is 5.56 Å². The number of amides is 1. The molecule has 0 aliphatic heterocycles. The Morgan fingerprint density at radius 2 is 1.96 bits per heavy atom. The largest absolute Gasteiger partial charge is 0.343 e. The molecule has 0 heterocycles. The predicted octanol–water partition coefficient (Wildman–Crippen LogP) is 4.92. The fourth-order valence-electron chi connectivity index (χ4n) is 3.81. The molecule has 25 heavy (non-hydrogen) atoms. The van der Waals surface area contributed by atoms with Crippen LogP contribution in [0.3, 0.4) is 0 Å². The number of carbonyl (C=O) groups is 1. The number of carbonyl (C=O) groups excluding carboxylic acids is 1. The van der Waals surface area contributed by atoms with E-state index in [9.17, 15) is 4.79 Å². The van der Waals surface area contributed by atoms with E-state index < -0.39 is 0 Å². The van der Waals surface area contributed by atoms with E-state index in [0.29, 0.717) is 5.02 Å². The van der Waals surface area contributed by atoms with Gasteiger partial charge in [0.15, 0.2) is 0 Å². The number of nitrogens with one attached hydrogen (secondary N) is 1. The van der Waals surface area contributed by atoms with E-state index in [1.54, 1.807) is 0 Å². The average molecular weight is 353 g/mol. The molecule has 0 bridgehead atoms. The average Bonchev–Trinajstić information content (AvgIpc) is 2.66. The van der Waals surface area contributed by atoms with E-state index >= 15 is 0 Å². The minimum atomic E-state index is -0.0811. The van der Waals surface area contributed by atoms with Crippen molar-refractivity contribution in [3.05, 3.63) is 59.1 Å². The molecule has 0 spiro atoms. The molecule has 2 unspecified atom stereocenters. The van der Waals surface area contributed by atoms with Gasteiger partial charge in [-0.2, -0.15) is 5.26 Å². The van der Waals surface area contributed by atoms with Gasteiger partial charge < -0.3 is 5.32 Å². The van der Waals surface area contributed by atoms with Gasteiger partial charge in [0, 0.05) is 10.9 Å². The van der Waals surface area contributed by atoms with Gasteiger partial charge in [0.1, 0.15) is 6.54 Å². The molecule has 0 aromatic heterocycles. The van der Waals surface area contributed by atoms with Crippen LogP contribution in [0.1, 0.15) is 37.2 Å². The fraction of sp³-hybridized carbons (Fsp3) is 0.333. The Morgan fingerprint density at radius 1 is 1.16 bits per heavy atom. The summed E-state index contributed by atoms with van der Waals surface area (Å²) >= 11 is 6.17. The molecule has 3 nitrogen and oxygen atoms in total. The highest BCUT2D eigenvalue weighted by Crippen LogP contribution is 2.42. The second-order valence-corrected chi connectivity index (χ2v) is 6.91. The number of halogens is 1. The quantitative estimate of drug-likeness (QED) is 0.794. The first-order chi connectivity index (χ1) is 12.2. The zero-order valence-electron chi connectivity index (χ0n) is 14.0. The molecule has 1 amide bonds. The lowest BCUT2D eigenvalue weighted by Gasteiger charge is -2.32. The molecule has 2 aromatic carbocycles. The lowest BCUT2D eigenvalue weighted by molar-refractivity contribution is -0.126. The van der Waals surface area contributed by atoms with Gasteiger partial charge in [0.25, 0.3) is 0 Å². The Balaban J connectivity index is 1.97. The third-order valence-electron chi connectivity index (χ3n) is 4.94. The first-order valence-corrected chi connectivity index (χ1v) is 9.08. The van der Waals surface area contributed by atoms with Crippen LogP contribution in [0.5, 0.6) is 0 Å². The molecule has 0 radical (unpaired) electrons. The summed E-state index contributed by atoms with van der Waals surface area (Å²) in [5.74, 6) is 0.0807. The molecular weight excluding hydrogens is 332 g/mol. The minimum Gasteiger partial charge on any atom is -0.343 e. The summed E-state index contributed by atoms with van der Waals surface area (Å²) in [6.07, 6.45) is 4.03. The Bertz CT molecular complexity index is 796. The van der Waals surface area contributed by atoms with Gasteiger partial charge >= 0.3 is 0 Å². The number of hydrogen-bond donors (Lipinski definition) is 1. The van der Waals surface area contributed by atoms with Crippen molar-refractivity contribution in [2.45, 2.75) is 31.6 Å². The first kappa shape index (κ1) is 17.5. The number of hydrogen-bond acceptors (Lipinski definition) is 2. The summed E-state index contributed by atoms with van der Waals surface area (Å²) in [5, 5.41) is 12.2. The van der Waals surface area contributed by atoms with Crippen LogP contribution in [0.15, 0.2) is 48.5 Å². The molecule has 2 aromatic rings. The molecule has 1 saturated carbocycles. The molecule has 4 heteroatoms. The van der Waals surface area contributed by atoms with E-state index in [-0.39, 0.29) is 24.3 Å². The monoisotopic (exact) mass is 352 g/mol. The van der Waals surface area contributed by atoms with E-state index in [2.05, 4.69) is 23.5 Å². The Labute approximate surface area is 153 Å². The van der Waals surface area contributed by atoms with Crippen molar-refractivity contribution in [1.82, 2.24) is 5.32 Å². The first-order valence-electron chi connectivity index (χ1n) is 8.70. The Hall–Kier alpha value is -2.31. The smallest absolute Gasteiger partial charge is 0.224 e. The molecule has 1 N–H and O–H groups in total. The predicted molar refractivity (Wildman–Crippen MR) is 100 cm³/mol. The zero-order chi connectivity index (χ0) is 17.6. The zero-order valence-corrected chi connectivity index (χ0v) is 14.8. The van der Waals surface area contributed by atoms with E-state index in [1.807, 2.05) is 36.4 Å². The summed E-state index contributed by atoms with van der Waals surface area (Å²) in [7, 11) is 0. The van der Waals surface area contributed by atoms with Gasteiger partial charge in [-0.3, -0.25) is 4.79 Å². The number of nitrogens with zero attached hydrogens (tertiary/aromatic N) is 1. The highest BCUT2D eigenvalue weighted by molar-refractivity contribution is 6.30. The maximum Gasteiger partial charge on any atom is 0.224 e. The summed E-state index contributed by atoms with van der Waals surface area (Å²) in [4.78, 5) is 12.6. The molecule has 1 aliphatic carbocycles. The van der Waals surface area contributed by atoms with Crippen LogP contribution < -0.4 is 5.32 Å². The van der Waals surface area contributed by atoms with Crippen LogP contribution in [0.25, 0.3) is 11.1 Å². The summed E-state index contributed by atoms with van der Waals surface area (Å²) in [6.45, 7) is 0.0675. The van der Waals surface area contributed by atoms with Crippen molar-refractivity contribution in [2.24, 2.45) is 5.92 Å². The maximum atomic E-state index is 12.6. The van der Waals surface area contributed by atoms with Gasteiger partial charge in [0.05, 0.1) is 6.07 Å². The number of rotatable bonds is 4. The standard InChI is InChI=1S/C21H21ClN2O/c22-16-7-5-6-15(14-16)17-8-1-2-9-18(17)19-10-3-4-11-20(19)21(25)24-13-12-23/h1-2,5-9,14,19-20H,3-4,10-11,13H2,(H,24,25). The second kappa shape index (κ2) is 8.18. The number of benzene rings is 2. The molecule has 1 aliphatic rings. The molecular formula is C21H21ClN2O. The van der Waals surface area contributed by atoms with E-state index in [4.69, 9.17) is 16.9 Å². The van der Waals surface area contributed by atoms with Crippen LogP contribution in [0, 0.1) is 17.2 Å². The van der Waals surface area contributed by atoms with Gasteiger partial charge in [0.2, 0.25) is 5.91 Å². The minimum absolute atomic E-state index is 0.00727. The summed E-state index contributed by atoms with van der Waals surface area (Å²) < 4.78 is 0. The molecule has 2 atom stereocenters. The molecule has 3 rings (SSSR count). The highest BCUT2D eigenvalue weighted by Gasteiger charge is 2.33. The van der Waals surface area contributed by atoms with E-state index in [0.717, 1.165) is 36.8 Å². The van der Waals surface area contributed by atoms with Crippen LogP contribution in [-0.4, -0.2) is 12.5 Å². The summed E-state index contributed by atoms with van der Waals surface area (Å²) in [6, 6.07) is 18.1. The lowest BCUT2D eigenvalue weighted by atomic mass is 9.73. The lowest BCUT2D eigenvalue weighted by Crippen LogP contribution is -2.36. The van der Waals surface area contributed by atoms with Crippen LogP contribution in [0.2, 0.25) is 5.02 Å². The third kappa shape index (κ3) is 4.03. The normalized spacial score (nSPS) is 19.8. The molecule has 128 valence electrons. The van der Waals surface area contributed by atoms with Crippen molar-refractivity contribution < 1.29 is 4.79 Å². The van der Waals surface area contributed by atoms with Crippen LogP contribution in [-0.2, 0) is 4.79 Å². The highest BCUT2D eigenvalue weighted by atomic mass is 35.5. The van der Waals surface area contributed by atoms with Crippen LogP contribution >= 0.6 is 11.6 Å². The Morgan fingerprint density at radius 3 is 2.76 bits per heavy atom. The van der Waals surface area contributed by atoms with Gasteiger partial charge in [-0.15, -0.1) is 0 Å². The van der Waals surface area contributed by atoms with Crippen molar-refractivity contribution in [2.75, 3.05) is 6.54 Å². The molecule has 1 fully saturated rings.